The molecule has 0 aromatic rings. The molecule has 4 nitrogen and oxygen atoms in total. The fraction of sp³-hybridized carbons (Fsp3) is 0.917. The molecule has 0 aromatic heterocycles. The number of nitrogens with two attached hydrogens (primary N) is 1. The van der Waals surface area contributed by atoms with Gasteiger partial charge in [-0.15, -0.1) is 0 Å². The highest BCUT2D eigenvalue weighted by molar-refractivity contribution is 5.86. The summed E-state index contributed by atoms with van der Waals surface area (Å²) in [4.78, 5) is 13.9. The molecule has 1 aliphatic carbocycles. The number of nitrogens with zero attached hydrogens (tertiary/aromatic N) is 1. The number of carbonyl (C=O) groups excluding carboxylic acids is 1. The van der Waals surface area contributed by atoms with Crippen molar-refractivity contribution in [3.8, 4) is 0 Å². The predicted molar refractivity (Wildman–Crippen MR) is 64.1 cm³/mol. The van der Waals surface area contributed by atoms with E-state index in [1.807, 2.05) is 0 Å². The summed E-state index contributed by atoms with van der Waals surface area (Å²) >= 11 is 0. The van der Waals surface area contributed by atoms with E-state index in [0.717, 1.165) is 19.3 Å². The summed E-state index contributed by atoms with van der Waals surface area (Å²) in [5.74, 6) is 0.620. The van der Waals surface area contributed by atoms with E-state index in [4.69, 9.17) is 10.5 Å². The molecule has 0 spiro atoms. The molecule has 0 heterocycles. The van der Waals surface area contributed by atoms with E-state index in [0.29, 0.717) is 19.1 Å². The number of likely N-dealkylation sites (N-methyl/N-ethyl adjacent to an activating group) is 1. The molecule has 1 aliphatic rings. The Bertz CT molecular complexity index is 245. The van der Waals surface area contributed by atoms with Gasteiger partial charge in [0.25, 0.3) is 0 Å². The predicted octanol–water partition coefficient (Wildman–Crippen LogP) is 0.999. The highest BCUT2D eigenvalue weighted by atomic mass is 16.5. The average molecular weight is 228 g/mol. The second-order valence-electron chi connectivity index (χ2n) is 5.08. The summed E-state index contributed by atoms with van der Waals surface area (Å²) in [6.45, 7) is 3.35. The number of carbonyl (C=O) groups is 1. The number of hydrogen-bond donors (Lipinski definition) is 1. The van der Waals surface area contributed by atoms with Gasteiger partial charge in [0.15, 0.2) is 0 Å². The normalized spacial score (nSPS) is 30.1. The monoisotopic (exact) mass is 228 g/mol. The van der Waals surface area contributed by atoms with Crippen LogP contribution in [0, 0.1) is 5.92 Å². The fourth-order valence-corrected chi connectivity index (χ4v) is 2.50. The first-order chi connectivity index (χ1) is 7.49. The molecule has 2 atom stereocenters. The molecule has 2 unspecified atom stereocenters. The number of rotatable bonds is 4. The van der Waals surface area contributed by atoms with Crippen molar-refractivity contribution in [3.63, 3.8) is 0 Å². The molecule has 1 rings (SSSR count). The number of ether oxygens (including phenoxy) is 1. The Morgan fingerprint density at radius 1 is 1.62 bits per heavy atom. The number of methoxy groups -OCH3 is 1. The third-order valence-corrected chi connectivity index (χ3v) is 3.44. The molecule has 94 valence electrons. The number of amides is 1. The van der Waals surface area contributed by atoms with Crippen molar-refractivity contribution < 1.29 is 9.53 Å². The van der Waals surface area contributed by atoms with Gasteiger partial charge in [-0.1, -0.05) is 19.8 Å². The van der Waals surface area contributed by atoms with Crippen molar-refractivity contribution in [2.75, 3.05) is 27.3 Å². The van der Waals surface area contributed by atoms with Crippen LogP contribution in [0.1, 0.15) is 32.6 Å². The summed E-state index contributed by atoms with van der Waals surface area (Å²) < 4.78 is 4.97. The molecule has 0 radical (unpaired) electrons. The second kappa shape index (κ2) is 5.64. The van der Waals surface area contributed by atoms with E-state index in [9.17, 15) is 4.79 Å². The summed E-state index contributed by atoms with van der Waals surface area (Å²) in [5.41, 5.74) is 5.59. The molecule has 0 aromatic carbocycles. The lowest BCUT2D eigenvalue weighted by atomic mass is 9.76. The van der Waals surface area contributed by atoms with Crippen LogP contribution in [0.15, 0.2) is 0 Å². The Hall–Kier alpha value is -0.610. The maximum Gasteiger partial charge on any atom is 0.242 e. The van der Waals surface area contributed by atoms with Crippen molar-refractivity contribution in [2.24, 2.45) is 11.7 Å². The second-order valence-corrected chi connectivity index (χ2v) is 5.08. The van der Waals surface area contributed by atoms with Gasteiger partial charge in [-0.05, 0) is 18.8 Å². The van der Waals surface area contributed by atoms with Gasteiger partial charge in [0.1, 0.15) is 0 Å². The van der Waals surface area contributed by atoms with Gasteiger partial charge < -0.3 is 15.4 Å². The summed E-state index contributed by atoms with van der Waals surface area (Å²) in [6, 6.07) is 0. The van der Waals surface area contributed by atoms with Crippen molar-refractivity contribution in [1.29, 1.82) is 0 Å². The molecular formula is C12H24N2O2. The quantitative estimate of drug-likeness (QED) is 0.781. The largest absolute Gasteiger partial charge is 0.383 e. The van der Waals surface area contributed by atoms with Crippen molar-refractivity contribution in [1.82, 2.24) is 4.90 Å². The first kappa shape index (κ1) is 13.5. The SMILES string of the molecule is COCCN(C)C(=O)C1(N)CCCC(C)C1. The maximum atomic E-state index is 12.2. The van der Waals surface area contributed by atoms with Gasteiger partial charge in [0, 0.05) is 20.7 Å². The van der Waals surface area contributed by atoms with Gasteiger partial charge >= 0.3 is 0 Å². The molecule has 4 heteroatoms. The highest BCUT2D eigenvalue weighted by Gasteiger charge is 2.39. The zero-order valence-corrected chi connectivity index (χ0v) is 10.7. The summed E-state index contributed by atoms with van der Waals surface area (Å²) in [5, 5.41) is 0. The van der Waals surface area contributed by atoms with Crippen LogP contribution in [0.4, 0.5) is 0 Å². The van der Waals surface area contributed by atoms with Crippen molar-refractivity contribution in [2.45, 2.75) is 38.1 Å². The van der Waals surface area contributed by atoms with Gasteiger partial charge in [-0.25, -0.2) is 0 Å². The zero-order chi connectivity index (χ0) is 12.2. The summed E-state index contributed by atoms with van der Waals surface area (Å²) in [6.07, 6.45) is 3.87. The maximum absolute atomic E-state index is 12.2. The van der Waals surface area contributed by atoms with Crippen LogP contribution in [0.25, 0.3) is 0 Å². The van der Waals surface area contributed by atoms with Crippen LogP contribution in [-0.4, -0.2) is 43.7 Å². The van der Waals surface area contributed by atoms with Crippen LogP contribution in [0.3, 0.4) is 0 Å². The van der Waals surface area contributed by atoms with Gasteiger partial charge in [-0.3, -0.25) is 4.79 Å². The first-order valence-electron chi connectivity index (χ1n) is 6.03. The molecule has 0 bridgehead atoms. The molecule has 0 saturated heterocycles. The minimum atomic E-state index is -0.639. The van der Waals surface area contributed by atoms with E-state index in [2.05, 4.69) is 6.92 Å². The van der Waals surface area contributed by atoms with Crippen molar-refractivity contribution in [3.05, 3.63) is 0 Å². The summed E-state index contributed by atoms with van der Waals surface area (Å²) in [7, 11) is 3.44. The van der Waals surface area contributed by atoms with Gasteiger partial charge in [0.2, 0.25) is 5.91 Å². The Kier molecular flexibility index (Phi) is 4.74. The first-order valence-corrected chi connectivity index (χ1v) is 6.03. The topological polar surface area (TPSA) is 55.6 Å². The Morgan fingerprint density at radius 2 is 2.31 bits per heavy atom. The lowest BCUT2D eigenvalue weighted by Gasteiger charge is -2.38. The van der Waals surface area contributed by atoms with Crippen LogP contribution in [0.2, 0.25) is 0 Å². The number of hydrogen-bond acceptors (Lipinski definition) is 3. The van der Waals surface area contributed by atoms with Crippen LogP contribution >= 0.6 is 0 Å². The molecular weight excluding hydrogens is 204 g/mol. The average Bonchev–Trinajstić information content (AvgIpc) is 2.24. The highest BCUT2D eigenvalue weighted by Crippen LogP contribution is 2.31. The molecule has 1 amide bonds. The van der Waals surface area contributed by atoms with E-state index < -0.39 is 5.54 Å². The zero-order valence-electron chi connectivity index (χ0n) is 10.7. The third-order valence-electron chi connectivity index (χ3n) is 3.44. The van der Waals surface area contributed by atoms with E-state index in [-0.39, 0.29) is 5.91 Å². The lowest BCUT2D eigenvalue weighted by molar-refractivity contribution is -0.138. The van der Waals surface area contributed by atoms with Crippen molar-refractivity contribution >= 4 is 5.91 Å². The van der Waals surface area contributed by atoms with E-state index >= 15 is 0 Å². The molecule has 1 saturated carbocycles. The fourth-order valence-electron chi connectivity index (χ4n) is 2.50. The van der Waals surface area contributed by atoms with Gasteiger partial charge in [-0.2, -0.15) is 0 Å². The molecule has 1 fully saturated rings. The Morgan fingerprint density at radius 3 is 2.88 bits per heavy atom. The molecule has 0 aliphatic heterocycles. The van der Waals surface area contributed by atoms with E-state index in [1.54, 1.807) is 19.1 Å². The minimum absolute atomic E-state index is 0.0658. The van der Waals surface area contributed by atoms with E-state index in [1.165, 1.54) is 6.42 Å². The lowest BCUT2D eigenvalue weighted by Crippen LogP contribution is -2.56. The Labute approximate surface area is 98.1 Å². The standard InChI is InChI=1S/C12H24N2O2/c1-10-5-4-6-12(13,9-10)11(15)14(2)7-8-16-3/h10H,4-9,13H2,1-3H3. The van der Waals surface area contributed by atoms with Gasteiger partial charge in [0.05, 0.1) is 12.1 Å². The third kappa shape index (κ3) is 3.19. The van der Waals surface area contributed by atoms with Crippen LogP contribution < -0.4 is 5.73 Å². The molecule has 2 N–H and O–H groups in total. The Balaban J connectivity index is 2.56. The smallest absolute Gasteiger partial charge is 0.242 e. The minimum Gasteiger partial charge on any atom is -0.383 e. The molecule has 16 heavy (non-hydrogen) atoms. The van der Waals surface area contributed by atoms with Crippen LogP contribution in [0.5, 0.6) is 0 Å². The van der Waals surface area contributed by atoms with Crippen LogP contribution in [-0.2, 0) is 9.53 Å².